The van der Waals surface area contributed by atoms with Gasteiger partial charge in [-0.15, -0.1) is 0 Å². The number of hydrogen-bond donors (Lipinski definition) is 2. The Balaban J connectivity index is 1.66. The molecule has 5 nitrogen and oxygen atoms in total. The molecule has 0 aliphatic rings. The molecular formula is C19H25N2O3+. The minimum Gasteiger partial charge on any atom is -0.493 e. The molecule has 128 valence electrons. The molecule has 2 aromatic rings. The first-order valence-corrected chi connectivity index (χ1v) is 8.07. The molecule has 1 unspecified atom stereocenters. The second-order valence-corrected chi connectivity index (χ2v) is 5.65. The first kappa shape index (κ1) is 17.8. The van der Waals surface area contributed by atoms with Gasteiger partial charge in [0.1, 0.15) is 13.2 Å². The molecule has 0 aliphatic heterocycles. The van der Waals surface area contributed by atoms with Crippen LogP contribution in [0.3, 0.4) is 0 Å². The van der Waals surface area contributed by atoms with Gasteiger partial charge in [-0.2, -0.15) is 0 Å². The largest absolute Gasteiger partial charge is 0.493 e. The summed E-state index contributed by atoms with van der Waals surface area (Å²) >= 11 is 0. The predicted molar refractivity (Wildman–Crippen MR) is 93.4 cm³/mol. The summed E-state index contributed by atoms with van der Waals surface area (Å²) in [7, 11) is 3.62. The Bertz CT molecular complexity index is 632. The lowest BCUT2D eigenvalue weighted by atomic mass is 10.2. The van der Waals surface area contributed by atoms with Crippen molar-refractivity contribution >= 4 is 5.91 Å². The Labute approximate surface area is 143 Å². The van der Waals surface area contributed by atoms with Crippen molar-refractivity contribution in [2.75, 3.05) is 33.9 Å². The lowest BCUT2D eigenvalue weighted by Gasteiger charge is -2.14. The highest BCUT2D eigenvalue weighted by molar-refractivity contribution is 5.76. The average molecular weight is 329 g/mol. The quantitative estimate of drug-likeness (QED) is 0.672. The fraction of sp³-hybridized carbons (Fsp3) is 0.316. The Morgan fingerprint density at radius 3 is 2.42 bits per heavy atom. The van der Waals surface area contributed by atoms with Crippen LogP contribution in [-0.2, 0) is 11.3 Å². The van der Waals surface area contributed by atoms with E-state index in [-0.39, 0.29) is 5.91 Å². The van der Waals surface area contributed by atoms with Crippen LogP contribution in [0, 0.1) is 0 Å². The number of para-hydroxylation sites is 2. The van der Waals surface area contributed by atoms with E-state index in [0.29, 0.717) is 31.2 Å². The molecule has 0 saturated heterocycles. The maximum Gasteiger partial charge on any atom is 0.275 e. The van der Waals surface area contributed by atoms with Gasteiger partial charge < -0.3 is 19.7 Å². The van der Waals surface area contributed by atoms with Crippen molar-refractivity contribution in [2.45, 2.75) is 6.54 Å². The molecule has 0 radical (unpaired) electrons. The number of nitrogens with one attached hydrogen (secondary N) is 2. The minimum absolute atomic E-state index is 0.0204. The predicted octanol–water partition coefficient (Wildman–Crippen LogP) is 0.905. The van der Waals surface area contributed by atoms with Gasteiger partial charge in [-0.25, -0.2) is 0 Å². The van der Waals surface area contributed by atoms with Gasteiger partial charge in [0, 0.05) is 5.56 Å². The molecule has 0 aliphatic carbocycles. The van der Waals surface area contributed by atoms with Crippen LogP contribution < -0.4 is 19.7 Å². The number of benzene rings is 2. The van der Waals surface area contributed by atoms with E-state index in [2.05, 4.69) is 17.4 Å². The molecule has 0 fully saturated rings. The minimum atomic E-state index is 0.0204. The maximum absolute atomic E-state index is 12.0. The highest BCUT2D eigenvalue weighted by Gasteiger charge is 2.10. The summed E-state index contributed by atoms with van der Waals surface area (Å²) in [5.41, 5.74) is 1.22. The maximum atomic E-state index is 12.0. The average Bonchev–Trinajstić information content (AvgIpc) is 2.59. The highest BCUT2D eigenvalue weighted by atomic mass is 16.5. The summed E-state index contributed by atoms with van der Waals surface area (Å²) in [6.45, 7) is 2.13. The SMILES string of the molecule is COc1ccccc1OCCNC(=O)C[NH+](C)Cc1ccccc1. The van der Waals surface area contributed by atoms with Crippen LogP contribution in [0.4, 0.5) is 0 Å². The molecule has 1 atom stereocenters. The van der Waals surface area contributed by atoms with Gasteiger partial charge in [-0.3, -0.25) is 4.79 Å². The summed E-state index contributed by atoms with van der Waals surface area (Å²) in [4.78, 5) is 13.1. The highest BCUT2D eigenvalue weighted by Crippen LogP contribution is 2.25. The van der Waals surface area contributed by atoms with E-state index >= 15 is 0 Å². The van der Waals surface area contributed by atoms with Crippen molar-refractivity contribution in [3.8, 4) is 11.5 Å². The van der Waals surface area contributed by atoms with E-state index in [1.54, 1.807) is 7.11 Å². The van der Waals surface area contributed by atoms with Crippen LogP contribution in [0.1, 0.15) is 5.56 Å². The zero-order chi connectivity index (χ0) is 17.2. The van der Waals surface area contributed by atoms with Crippen molar-refractivity contribution in [3.63, 3.8) is 0 Å². The molecule has 5 heteroatoms. The standard InChI is InChI=1S/C19H24N2O3/c1-21(14-16-8-4-3-5-9-16)15-19(22)20-12-13-24-18-11-7-6-10-17(18)23-2/h3-11H,12-15H2,1-2H3,(H,20,22)/p+1. The zero-order valence-electron chi connectivity index (χ0n) is 14.2. The number of rotatable bonds is 9. The van der Waals surface area contributed by atoms with Gasteiger partial charge >= 0.3 is 0 Å². The van der Waals surface area contributed by atoms with Crippen LogP contribution in [0.5, 0.6) is 11.5 Å². The van der Waals surface area contributed by atoms with Crippen molar-refractivity contribution in [1.82, 2.24) is 5.32 Å². The van der Waals surface area contributed by atoms with E-state index < -0.39 is 0 Å². The molecular weight excluding hydrogens is 304 g/mol. The molecule has 24 heavy (non-hydrogen) atoms. The normalized spacial score (nSPS) is 11.6. The fourth-order valence-electron chi connectivity index (χ4n) is 2.43. The fourth-order valence-corrected chi connectivity index (χ4v) is 2.43. The molecule has 2 N–H and O–H groups in total. The molecule has 0 aromatic heterocycles. The smallest absolute Gasteiger partial charge is 0.275 e. The third-order valence-electron chi connectivity index (χ3n) is 3.56. The Morgan fingerprint density at radius 1 is 1.04 bits per heavy atom. The molecule has 0 spiro atoms. The van der Waals surface area contributed by atoms with E-state index in [0.717, 1.165) is 11.4 Å². The summed E-state index contributed by atoms with van der Waals surface area (Å²) in [5, 5.41) is 2.88. The number of quaternary nitrogens is 1. The number of amides is 1. The van der Waals surface area contributed by atoms with Crippen molar-refractivity contribution < 1.29 is 19.2 Å². The molecule has 1 amide bonds. The van der Waals surface area contributed by atoms with Gasteiger partial charge in [-0.05, 0) is 12.1 Å². The molecule has 2 aromatic carbocycles. The lowest BCUT2D eigenvalue weighted by molar-refractivity contribution is -0.885. The van der Waals surface area contributed by atoms with Gasteiger partial charge in [0.05, 0.1) is 20.7 Å². The molecule has 2 rings (SSSR count). The van der Waals surface area contributed by atoms with Gasteiger partial charge in [0.15, 0.2) is 18.0 Å². The summed E-state index contributed by atoms with van der Waals surface area (Å²) in [6, 6.07) is 17.6. The van der Waals surface area contributed by atoms with Crippen LogP contribution in [0.25, 0.3) is 0 Å². The molecule has 0 saturated carbocycles. The summed E-state index contributed by atoms with van der Waals surface area (Å²) < 4.78 is 10.8. The van der Waals surface area contributed by atoms with Crippen LogP contribution in [0.15, 0.2) is 54.6 Å². The number of carbonyl (C=O) groups is 1. The second-order valence-electron chi connectivity index (χ2n) is 5.65. The number of likely N-dealkylation sites (N-methyl/N-ethyl adjacent to an activating group) is 1. The summed E-state index contributed by atoms with van der Waals surface area (Å²) in [5.74, 6) is 1.39. The first-order chi connectivity index (χ1) is 11.7. The van der Waals surface area contributed by atoms with Crippen molar-refractivity contribution in [3.05, 3.63) is 60.2 Å². The molecule has 0 heterocycles. The van der Waals surface area contributed by atoms with E-state index in [1.165, 1.54) is 5.56 Å². The van der Waals surface area contributed by atoms with Crippen LogP contribution in [-0.4, -0.2) is 39.8 Å². The Morgan fingerprint density at radius 2 is 1.71 bits per heavy atom. The van der Waals surface area contributed by atoms with Gasteiger partial charge in [0.25, 0.3) is 5.91 Å². The lowest BCUT2D eigenvalue weighted by Crippen LogP contribution is -3.08. The zero-order valence-corrected chi connectivity index (χ0v) is 14.2. The first-order valence-electron chi connectivity index (χ1n) is 8.07. The Kier molecular flexibility index (Phi) is 7.11. The van der Waals surface area contributed by atoms with Gasteiger partial charge in [0.2, 0.25) is 0 Å². The van der Waals surface area contributed by atoms with Gasteiger partial charge in [-0.1, -0.05) is 42.5 Å². The number of hydrogen-bond acceptors (Lipinski definition) is 3. The summed E-state index contributed by atoms with van der Waals surface area (Å²) in [6.07, 6.45) is 0. The van der Waals surface area contributed by atoms with E-state index in [1.807, 2.05) is 49.5 Å². The van der Waals surface area contributed by atoms with E-state index in [4.69, 9.17) is 9.47 Å². The number of methoxy groups -OCH3 is 1. The third-order valence-corrected chi connectivity index (χ3v) is 3.56. The Hall–Kier alpha value is -2.53. The van der Waals surface area contributed by atoms with E-state index in [9.17, 15) is 4.79 Å². The third kappa shape index (κ3) is 5.93. The number of carbonyl (C=O) groups excluding carboxylic acids is 1. The second kappa shape index (κ2) is 9.57. The van der Waals surface area contributed by atoms with Crippen molar-refractivity contribution in [1.29, 1.82) is 0 Å². The van der Waals surface area contributed by atoms with Crippen LogP contribution in [0.2, 0.25) is 0 Å². The monoisotopic (exact) mass is 329 g/mol. The van der Waals surface area contributed by atoms with Crippen molar-refractivity contribution in [2.24, 2.45) is 0 Å². The topological polar surface area (TPSA) is 52.0 Å². The molecule has 0 bridgehead atoms. The number of ether oxygens (including phenoxy) is 2. The van der Waals surface area contributed by atoms with Crippen LogP contribution >= 0.6 is 0 Å².